The summed E-state index contributed by atoms with van der Waals surface area (Å²) < 4.78 is 25.1. The molecule has 18 heteroatoms. The number of hydrogen-bond donors (Lipinski definition) is 5. The Bertz CT molecular complexity index is 2710. The average molecular weight is 991 g/mol. The summed E-state index contributed by atoms with van der Waals surface area (Å²) in [5.41, 5.74) is 9.11. The molecule has 0 spiro atoms. The molecule has 0 bridgehead atoms. The van der Waals surface area contributed by atoms with E-state index in [1.54, 1.807) is 48.8 Å². The number of pyridine rings is 2. The van der Waals surface area contributed by atoms with Crippen LogP contribution >= 0.6 is 23.2 Å². The largest absolute Gasteiger partial charge is 0.565 e. The van der Waals surface area contributed by atoms with Gasteiger partial charge in [-0.2, -0.15) is 10.5 Å². The molecule has 0 fully saturated rings. The third-order valence-electron chi connectivity index (χ3n) is 11.0. The van der Waals surface area contributed by atoms with Crippen molar-refractivity contribution in [2.75, 3.05) is 13.1 Å². The normalized spacial score (nSPS) is 11.8. The Labute approximate surface area is 414 Å². The average Bonchev–Trinajstić information content (AvgIpc) is 3.33. The van der Waals surface area contributed by atoms with Crippen LogP contribution < -0.4 is 29.6 Å². The number of aliphatic hydroxyl groups is 2. The number of halogens is 2. The van der Waals surface area contributed by atoms with Gasteiger partial charge in [0, 0.05) is 90.1 Å². The van der Waals surface area contributed by atoms with Gasteiger partial charge in [0.05, 0.1) is 39.8 Å². The van der Waals surface area contributed by atoms with Gasteiger partial charge in [-0.3, -0.25) is 14.8 Å². The first kappa shape index (κ1) is 52.1. The van der Waals surface area contributed by atoms with Crippen LogP contribution in [-0.2, 0) is 49.1 Å². The number of aliphatic carboxylic acids is 1. The number of aromatic nitrogens is 2. The summed E-state index contributed by atoms with van der Waals surface area (Å²) in [7, 11) is 0. The van der Waals surface area contributed by atoms with E-state index < -0.39 is 30.6 Å². The van der Waals surface area contributed by atoms with E-state index in [4.69, 9.17) is 52.4 Å². The highest BCUT2D eigenvalue weighted by molar-refractivity contribution is 6.32. The molecule has 0 aliphatic rings. The van der Waals surface area contributed by atoms with E-state index in [0.29, 0.717) is 66.4 Å². The van der Waals surface area contributed by atoms with Crippen LogP contribution in [0.25, 0.3) is 11.1 Å². The number of carboxylic acids is 1. The maximum absolute atomic E-state index is 11.2. The minimum absolute atomic E-state index is 0.0216. The molecule has 362 valence electrons. The highest BCUT2D eigenvalue weighted by atomic mass is 35.5. The van der Waals surface area contributed by atoms with Gasteiger partial charge in [-0.15, -0.1) is 0 Å². The molecule has 70 heavy (non-hydrogen) atoms. The number of nitriles is 2. The van der Waals surface area contributed by atoms with Crippen LogP contribution in [0.15, 0.2) is 97.6 Å². The summed E-state index contributed by atoms with van der Waals surface area (Å²) >= 11 is 13.6. The van der Waals surface area contributed by atoms with Gasteiger partial charge in [-0.25, -0.2) is 0 Å². The fourth-order valence-corrected chi connectivity index (χ4v) is 7.86. The summed E-state index contributed by atoms with van der Waals surface area (Å²) in [5, 5.41) is 61.9. The summed E-state index contributed by atoms with van der Waals surface area (Å²) in [4.78, 5) is 30.4. The van der Waals surface area contributed by atoms with Crippen molar-refractivity contribution in [1.82, 2.24) is 20.6 Å². The molecule has 7 N–H and O–H groups in total. The van der Waals surface area contributed by atoms with Crippen molar-refractivity contribution in [2.45, 2.75) is 78.4 Å². The van der Waals surface area contributed by atoms with Crippen LogP contribution in [0.2, 0.25) is 10.0 Å². The van der Waals surface area contributed by atoms with Crippen LogP contribution in [0.3, 0.4) is 0 Å². The number of rotatable bonds is 25. The minimum atomic E-state index is -1.11. The number of aliphatic hydroxyl groups excluding tert-OH is 2. The quantitative estimate of drug-likeness (QED) is 0.0357. The van der Waals surface area contributed by atoms with E-state index in [1.807, 2.05) is 50.2 Å². The molecular weight excluding hydrogens is 940 g/mol. The number of nitrogens with zero attached hydrogens (tertiary/aromatic N) is 4. The molecule has 2 atom stereocenters. The van der Waals surface area contributed by atoms with Crippen molar-refractivity contribution in [1.29, 1.82) is 10.5 Å². The van der Waals surface area contributed by atoms with Gasteiger partial charge in [0.1, 0.15) is 68.0 Å². The van der Waals surface area contributed by atoms with Crippen LogP contribution in [0.1, 0.15) is 68.5 Å². The molecule has 2 aromatic heterocycles. The van der Waals surface area contributed by atoms with Crippen molar-refractivity contribution in [3.8, 4) is 46.3 Å². The maximum atomic E-state index is 11.2. The van der Waals surface area contributed by atoms with Gasteiger partial charge >= 0.3 is 11.9 Å². The Morgan fingerprint density at radius 1 is 0.629 bits per heavy atom. The summed E-state index contributed by atoms with van der Waals surface area (Å²) in [5.74, 6) is -0.402. The second kappa shape index (κ2) is 25.4. The van der Waals surface area contributed by atoms with Gasteiger partial charge in [0.2, 0.25) is 0 Å². The lowest BCUT2D eigenvalue weighted by Crippen LogP contribution is -2.28. The van der Waals surface area contributed by atoms with E-state index in [2.05, 4.69) is 32.7 Å². The molecule has 0 radical (unpaired) electrons. The summed E-state index contributed by atoms with van der Waals surface area (Å²) in [6.07, 6.45) is 3.27. The Kier molecular flexibility index (Phi) is 18.9. The van der Waals surface area contributed by atoms with Gasteiger partial charge in [0.15, 0.2) is 0 Å². The van der Waals surface area contributed by atoms with Gasteiger partial charge < -0.3 is 50.0 Å². The molecule has 16 nitrogen and oxygen atoms in total. The van der Waals surface area contributed by atoms with Crippen molar-refractivity contribution in [3.05, 3.63) is 163 Å². The van der Waals surface area contributed by atoms with Crippen LogP contribution in [0, 0.1) is 36.5 Å². The predicted molar refractivity (Wildman–Crippen MR) is 260 cm³/mol. The van der Waals surface area contributed by atoms with E-state index >= 15 is 0 Å². The number of ether oxygens (including phenoxy) is 4. The van der Waals surface area contributed by atoms with Crippen LogP contribution in [0.5, 0.6) is 23.0 Å². The monoisotopic (exact) mass is 989 g/mol. The molecule has 4 aromatic carbocycles. The minimum Gasteiger partial charge on any atom is -0.565 e. The summed E-state index contributed by atoms with van der Waals surface area (Å²) in [6.45, 7) is 5.03. The lowest BCUT2D eigenvalue weighted by atomic mass is 9.92. The zero-order valence-electron chi connectivity index (χ0n) is 38.3. The SMILES string of the molecule is Cc1c(COc2cc(OCc3cncc(C#N)c3)c(CNC[C@H](O)CC(=O)O)cc2Cl)cccc1-c1cccc(COc2cc(OCc3cncc(C#N)c3)c(CNC[C@H](O)CC(=O)[OH2+])cc2Cl)c1C. The molecule has 2 heterocycles. The first-order valence-electron chi connectivity index (χ1n) is 22.0. The lowest BCUT2D eigenvalue weighted by Gasteiger charge is -2.19. The molecule has 6 rings (SSSR count). The molecule has 0 aliphatic heterocycles. The zero-order valence-corrected chi connectivity index (χ0v) is 39.8. The summed E-state index contributed by atoms with van der Waals surface area (Å²) in [6, 6.07) is 26.2. The van der Waals surface area contributed by atoms with Crippen molar-refractivity contribution >= 4 is 35.1 Å². The Morgan fingerprint density at radius 2 is 1.06 bits per heavy atom. The Morgan fingerprint density at radius 3 is 1.47 bits per heavy atom. The number of nitrogens with one attached hydrogen (secondary N) is 2. The van der Waals surface area contributed by atoms with Gasteiger partial charge in [-0.05, 0) is 71.5 Å². The molecule has 0 saturated carbocycles. The zero-order chi connectivity index (χ0) is 50.2. The fraction of sp³-hybridized carbons (Fsp3) is 0.269. The predicted octanol–water partition coefficient (Wildman–Crippen LogP) is 7.14. The topological polar surface area (TPSA) is 252 Å². The second-order valence-corrected chi connectivity index (χ2v) is 17.1. The molecular formula is C52H51Cl2N6O10+. The van der Waals surface area contributed by atoms with Gasteiger partial charge in [-0.1, -0.05) is 59.6 Å². The number of carbonyl (C=O) groups excluding carboxylic acids is 1. The molecule has 0 aliphatic carbocycles. The molecule has 6 aromatic rings. The highest BCUT2D eigenvalue weighted by Crippen LogP contribution is 2.37. The standard InChI is InChI=1S/C52H50Cl2N6O10/c1-31-37(29-69-49-15-47(67-27-35-9-33(17-55)19-57-21-35)39(11-45(49)53)23-59-25-41(61)13-51(63)64)5-3-7-43(31)44-8-4-6-38(32(44)2)30-70-50-16-48(68-28-36-10-34(18-56)20-58-22-36)40(12-46(50)54)24-60-26-42(62)14-52(65)66/h3-12,15-16,19-22,41-42,59-62H,13-14,23-30H2,1-2H3,(H,63,64)(H,65,66)/p+1/t41-,42-/m1/s1. The first-order valence-corrected chi connectivity index (χ1v) is 22.7. The second-order valence-electron chi connectivity index (χ2n) is 16.3. The van der Waals surface area contributed by atoms with E-state index in [-0.39, 0.29) is 59.0 Å². The fourth-order valence-electron chi connectivity index (χ4n) is 7.38. The number of hydrogen-bond acceptors (Lipinski definition) is 14. The van der Waals surface area contributed by atoms with E-state index in [1.165, 1.54) is 12.4 Å². The highest BCUT2D eigenvalue weighted by Gasteiger charge is 2.19. The van der Waals surface area contributed by atoms with Gasteiger partial charge in [0.25, 0.3) is 0 Å². The number of benzene rings is 4. The van der Waals surface area contributed by atoms with Crippen molar-refractivity contribution in [3.63, 3.8) is 0 Å². The molecule has 0 unspecified atom stereocenters. The number of carboxylic acid groups (broad SMARTS) is 1. The maximum Gasteiger partial charge on any atom is 0.518 e. The molecule has 0 amide bonds. The third kappa shape index (κ3) is 14.9. The Balaban J connectivity index is 1.18. The first-order chi connectivity index (χ1) is 33.7. The van der Waals surface area contributed by atoms with E-state index in [0.717, 1.165) is 33.4 Å². The van der Waals surface area contributed by atoms with Crippen molar-refractivity contribution < 1.29 is 49.0 Å². The Hall–Kier alpha value is -7.28. The lowest BCUT2D eigenvalue weighted by molar-refractivity contribution is -0.140. The third-order valence-corrected chi connectivity index (χ3v) is 11.6. The van der Waals surface area contributed by atoms with Crippen molar-refractivity contribution in [2.24, 2.45) is 0 Å². The number of carbonyl (C=O) groups is 2. The van der Waals surface area contributed by atoms with Crippen LogP contribution in [0.4, 0.5) is 0 Å². The van der Waals surface area contributed by atoms with Crippen LogP contribution in [-0.4, -0.2) is 67.6 Å². The van der Waals surface area contributed by atoms with E-state index in [9.17, 15) is 30.3 Å². The molecule has 0 saturated heterocycles. The smallest absolute Gasteiger partial charge is 0.518 e.